The molecule has 2 N–H and O–H groups in total. The Morgan fingerprint density at radius 1 is 1.25 bits per heavy atom. The summed E-state index contributed by atoms with van der Waals surface area (Å²) in [6.07, 6.45) is 6.25. The third-order valence-corrected chi connectivity index (χ3v) is 4.73. The van der Waals surface area contributed by atoms with Gasteiger partial charge in [-0.3, -0.25) is 4.79 Å². The molecule has 4 heteroatoms. The maximum atomic E-state index is 12.8. The molecule has 1 aliphatic rings. The highest BCUT2D eigenvalue weighted by Gasteiger charge is 2.31. The minimum atomic E-state index is 0.204. The van der Waals surface area contributed by atoms with E-state index in [1.165, 1.54) is 0 Å². The van der Waals surface area contributed by atoms with Crippen LogP contribution < -0.4 is 5.73 Å². The molecule has 0 radical (unpaired) electrons. The van der Waals surface area contributed by atoms with Crippen molar-refractivity contribution < 1.29 is 9.53 Å². The van der Waals surface area contributed by atoms with Crippen molar-refractivity contribution in [3.63, 3.8) is 0 Å². The zero-order chi connectivity index (χ0) is 15.0. The van der Waals surface area contributed by atoms with E-state index in [1.54, 1.807) is 7.11 Å². The average Bonchev–Trinajstić information content (AvgIpc) is 2.51. The Labute approximate surface area is 124 Å². The van der Waals surface area contributed by atoms with E-state index in [1.807, 2.05) is 0 Å². The van der Waals surface area contributed by atoms with E-state index in [9.17, 15) is 4.79 Å². The molecule has 0 atom stereocenters. The Morgan fingerprint density at radius 2 is 1.85 bits per heavy atom. The fourth-order valence-electron chi connectivity index (χ4n) is 3.27. The fourth-order valence-corrected chi connectivity index (χ4v) is 3.27. The molecule has 0 aromatic carbocycles. The average molecular weight is 284 g/mol. The minimum absolute atomic E-state index is 0.204. The van der Waals surface area contributed by atoms with Crippen molar-refractivity contribution in [1.29, 1.82) is 0 Å². The van der Waals surface area contributed by atoms with Crippen molar-refractivity contribution in [2.24, 2.45) is 17.6 Å². The van der Waals surface area contributed by atoms with Crippen molar-refractivity contribution in [2.75, 3.05) is 26.8 Å². The van der Waals surface area contributed by atoms with E-state index in [2.05, 4.69) is 18.7 Å². The lowest BCUT2D eigenvalue weighted by Crippen LogP contribution is -2.45. The van der Waals surface area contributed by atoms with Gasteiger partial charge in [0.15, 0.2) is 0 Å². The first-order valence-electron chi connectivity index (χ1n) is 8.17. The number of carbonyl (C=O) groups is 1. The number of hydrogen-bond donors (Lipinski definition) is 1. The van der Waals surface area contributed by atoms with Crippen molar-refractivity contribution in [3.05, 3.63) is 0 Å². The van der Waals surface area contributed by atoms with Gasteiger partial charge in [0.1, 0.15) is 0 Å². The summed E-state index contributed by atoms with van der Waals surface area (Å²) in [5.41, 5.74) is 5.73. The highest BCUT2D eigenvalue weighted by atomic mass is 16.5. The first-order valence-corrected chi connectivity index (χ1v) is 8.17. The van der Waals surface area contributed by atoms with Crippen LogP contribution in [0.25, 0.3) is 0 Å². The van der Waals surface area contributed by atoms with Gasteiger partial charge >= 0.3 is 0 Å². The van der Waals surface area contributed by atoms with E-state index in [0.717, 1.165) is 51.6 Å². The van der Waals surface area contributed by atoms with Crippen LogP contribution in [0.2, 0.25) is 0 Å². The summed E-state index contributed by atoms with van der Waals surface area (Å²) in [5, 5.41) is 0. The molecule has 0 aromatic heterocycles. The molecule has 118 valence electrons. The maximum Gasteiger partial charge on any atom is 0.226 e. The highest BCUT2D eigenvalue weighted by molar-refractivity contribution is 5.79. The Morgan fingerprint density at radius 3 is 2.30 bits per heavy atom. The smallest absolute Gasteiger partial charge is 0.226 e. The number of amides is 1. The molecular weight excluding hydrogens is 252 g/mol. The second-order valence-electron chi connectivity index (χ2n) is 5.95. The Kier molecular flexibility index (Phi) is 8.15. The number of nitrogens with zero attached hydrogens (tertiary/aromatic N) is 1. The van der Waals surface area contributed by atoms with Crippen LogP contribution in [0.1, 0.15) is 52.4 Å². The number of ether oxygens (including phenoxy) is 1. The number of hydrogen-bond acceptors (Lipinski definition) is 3. The molecule has 20 heavy (non-hydrogen) atoms. The van der Waals surface area contributed by atoms with Crippen LogP contribution in [-0.4, -0.2) is 43.7 Å². The normalized spacial score (nSPS) is 23.1. The Balaban J connectivity index is 2.62. The molecule has 0 aliphatic heterocycles. The van der Waals surface area contributed by atoms with Gasteiger partial charge in [0.25, 0.3) is 0 Å². The lowest BCUT2D eigenvalue weighted by atomic mass is 9.81. The second kappa shape index (κ2) is 9.35. The molecule has 0 saturated heterocycles. The molecule has 0 heterocycles. The highest BCUT2D eigenvalue weighted by Crippen LogP contribution is 2.30. The molecule has 0 aromatic rings. The second-order valence-corrected chi connectivity index (χ2v) is 5.95. The standard InChI is InChI=1S/C16H32N2O2/c1-4-15(5-2)18(10-11-20-3)16(19)14-8-6-13(12-17)7-9-14/h13-15H,4-12,17H2,1-3H3. The van der Waals surface area contributed by atoms with Crippen LogP contribution in [0.5, 0.6) is 0 Å². The topological polar surface area (TPSA) is 55.6 Å². The van der Waals surface area contributed by atoms with Crippen molar-refractivity contribution in [1.82, 2.24) is 4.90 Å². The van der Waals surface area contributed by atoms with Crippen LogP contribution in [0.15, 0.2) is 0 Å². The van der Waals surface area contributed by atoms with Gasteiger partial charge in [-0.15, -0.1) is 0 Å². The van der Waals surface area contributed by atoms with Crippen LogP contribution >= 0.6 is 0 Å². The van der Waals surface area contributed by atoms with Crippen LogP contribution in [0.3, 0.4) is 0 Å². The van der Waals surface area contributed by atoms with E-state index in [-0.39, 0.29) is 5.92 Å². The monoisotopic (exact) mass is 284 g/mol. The first-order chi connectivity index (χ1) is 9.67. The zero-order valence-electron chi connectivity index (χ0n) is 13.4. The number of methoxy groups -OCH3 is 1. The van der Waals surface area contributed by atoms with Gasteiger partial charge in [-0.05, 0) is 51.0 Å². The first kappa shape index (κ1) is 17.4. The SMILES string of the molecule is CCC(CC)N(CCOC)C(=O)C1CCC(CN)CC1. The summed E-state index contributed by atoms with van der Waals surface area (Å²) in [4.78, 5) is 14.9. The third-order valence-electron chi connectivity index (χ3n) is 4.73. The molecule has 0 bridgehead atoms. The summed E-state index contributed by atoms with van der Waals surface area (Å²) < 4.78 is 5.17. The van der Waals surface area contributed by atoms with Gasteiger partial charge in [0, 0.05) is 25.6 Å². The summed E-state index contributed by atoms with van der Waals surface area (Å²) in [5.74, 6) is 1.17. The summed E-state index contributed by atoms with van der Waals surface area (Å²) >= 11 is 0. The van der Waals surface area contributed by atoms with Gasteiger partial charge in [-0.1, -0.05) is 13.8 Å². The van der Waals surface area contributed by atoms with Gasteiger partial charge in [-0.2, -0.15) is 0 Å². The number of rotatable bonds is 8. The van der Waals surface area contributed by atoms with Crippen molar-refractivity contribution in [2.45, 2.75) is 58.4 Å². The molecule has 0 spiro atoms. The minimum Gasteiger partial charge on any atom is -0.383 e. The molecule has 1 amide bonds. The lowest BCUT2D eigenvalue weighted by molar-refractivity contribution is -0.140. The largest absolute Gasteiger partial charge is 0.383 e. The van der Waals surface area contributed by atoms with Gasteiger partial charge in [0.2, 0.25) is 5.91 Å². The van der Waals surface area contributed by atoms with Gasteiger partial charge in [-0.25, -0.2) is 0 Å². The van der Waals surface area contributed by atoms with E-state index < -0.39 is 0 Å². The van der Waals surface area contributed by atoms with E-state index in [0.29, 0.717) is 24.5 Å². The van der Waals surface area contributed by atoms with Gasteiger partial charge in [0.05, 0.1) is 6.61 Å². The predicted octanol–water partition coefficient (Wildman–Crippen LogP) is 2.42. The molecule has 1 rings (SSSR count). The van der Waals surface area contributed by atoms with Crippen molar-refractivity contribution in [3.8, 4) is 0 Å². The van der Waals surface area contributed by atoms with Crippen LogP contribution in [-0.2, 0) is 9.53 Å². The Bertz CT molecular complexity index is 272. The van der Waals surface area contributed by atoms with E-state index >= 15 is 0 Å². The molecule has 4 nitrogen and oxygen atoms in total. The summed E-state index contributed by atoms with van der Waals surface area (Å²) in [6, 6.07) is 0.352. The molecule has 1 fully saturated rings. The third kappa shape index (κ3) is 4.74. The van der Waals surface area contributed by atoms with Gasteiger partial charge < -0.3 is 15.4 Å². The molecule has 1 aliphatic carbocycles. The lowest BCUT2D eigenvalue weighted by Gasteiger charge is -2.36. The fraction of sp³-hybridized carbons (Fsp3) is 0.938. The van der Waals surface area contributed by atoms with E-state index in [4.69, 9.17) is 10.5 Å². The zero-order valence-corrected chi connectivity index (χ0v) is 13.4. The maximum absolute atomic E-state index is 12.8. The number of nitrogens with two attached hydrogens (primary N) is 1. The van der Waals surface area contributed by atoms with Crippen LogP contribution in [0.4, 0.5) is 0 Å². The molecule has 1 saturated carbocycles. The quantitative estimate of drug-likeness (QED) is 0.744. The predicted molar refractivity (Wildman–Crippen MR) is 82.5 cm³/mol. The number of carbonyl (C=O) groups excluding carboxylic acids is 1. The molecule has 0 unspecified atom stereocenters. The van der Waals surface area contributed by atoms with Crippen LogP contribution in [0, 0.1) is 11.8 Å². The van der Waals surface area contributed by atoms with Crippen molar-refractivity contribution >= 4 is 5.91 Å². The summed E-state index contributed by atoms with van der Waals surface area (Å²) in [7, 11) is 1.70. The summed E-state index contributed by atoms with van der Waals surface area (Å²) in [6.45, 7) is 6.43. The Hall–Kier alpha value is -0.610. The molecular formula is C16H32N2O2.